The highest BCUT2D eigenvalue weighted by Crippen LogP contribution is 2.10. The monoisotopic (exact) mass is 178 g/mol. The van der Waals surface area contributed by atoms with Crippen LogP contribution in [0.5, 0.6) is 0 Å². The third-order valence-electron chi connectivity index (χ3n) is 2.02. The molecule has 3 nitrogen and oxygen atoms in total. The first-order valence-corrected chi connectivity index (χ1v) is 4.19. The molecule has 0 atom stereocenters. The first-order chi connectivity index (χ1) is 6.13. The normalized spacial score (nSPS) is 9.77. The first-order valence-electron chi connectivity index (χ1n) is 4.19. The smallest absolute Gasteiger partial charge is 0.238 e. The SMILES string of the molecule is Cc1ccc(C)c(CC(=O)NN)c1. The van der Waals surface area contributed by atoms with Gasteiger partial charge in [-0.15, -0.1) is 0 Å². The number of nitrogens with one attached hydrogen (secondary N) is 1. The van der Waals surface area contributed by atoms with Crippen LogP contribution in [0.15, 0.2) is 18.2 Å². The summed E-state index contributed by atoms with van der Waals surface area (Å²) in [5.74, 6) is 4.85. The zero-order valence-electron chi connectivity index (χ0n) is 7.92. The molecule has 0 aliphatic rings. The van der Waals surface area contributed by atoms with Gasteiger partial charge in [-0.1, -0.05) is 23.8 Å². The van der Waals surface area contributed by atoms with Gasteiger partial charge < -0.3 is 0 Å². The zero-order valence-corrected chi connectivity index (χ0v) is 7.92. The van der Waals surface area contributed by atoms with Crippen LogP contribution >= 0.6 is 0 Å². The van der Waals surface area contributed by atoms with Gasteiger partial charge in [-0.25, -0.2) is 5.84 Å². The summed E-state index contributed by atoms with van der Waals surface area (Å²) in [4.78, 5) is 11.0. The van der Waals surface area contributed by atoms with Crippen LogP contribution in [0.1, 0.15) is 16.7 Å². The molecule has 0 saturated carbocycles. The minimum Gasteiger partial charge on any atom is -0.294 e. The van der Waals surface area contributed by atoms with Crippen LogP contribution < -0.4 is 11.3 Å². The predicted molar refractivity (Wildman–Crippen MR) is 52.0 cm³/mol. The summed E-state index contributed by atoms with van der Waals surface area (Å²) >= 11 is 0. The molecule has 3 heteroatoms. The summed E-state index contributed by atoms with van der Waals surface area (Å²) in [5.41, 5.74) is 5.43. The lowest BCUT2D eigenvalue weighted by atomic mass is 10.0. The van der Waals surface area contributed by atoms with Crippen molar-refractivity contribution >= 4 is 5.91 Å². The lowest BCUT2D eigenvalue weighted by molar-refractivity contribution is -0.120. The molecule has 0 radical (unpaired) electrons. The number of benzene rings is 1. The molecule has 0 unspecified atom stereocenters. The van der Waals surface area contributed by atoms with Gasteiger partial charge >= 0.3 is 0 Å². The molecular weight excluding hydrogens is 164 g/mol. The molecule has 1 rings (SSSR count). The Balaban J connectivity index is 2.87. The second kappa shape index (κ2) is 4.05. The van der Waals surface area contributed by atoms with Gasteiger partial charge in [-0.05, 0) is 25.0 Å². The number of aryl methyl sites for hydroxylation is 2. The average Bonchev–Trinajstić information content (AvgIpc) is 2.11. The molecule has 0 fully saturated rings. The molecule has 0 aromatic heterocycles. The van der Waals surface area contributed by atoms with Gasteiger partial charge in [0.2, 0.25) is 5.91 Å². The van der Waals surface area contributed by atoms with Crippen LogP contribution in [-0.2, 0) is 11.2 Å². The number of hydrazine groups is 1. The topological polar surface area (TPSA) is 55.1 Å². The maximum atomic E-state index is 11.0. The Hall–Kier alpha value is -1.35. The molecule has 13 heavy (non-hydrogen) atoms. The van der Waals surface area contributed by atoms with Gasteiger partial charge in [0.05, 0.1) is 6.42 Å². The van der Waals surface area contributed by atoms with Crippen molar-refractivity contribution in [2.24, 2.45) is 5.84 Å². The van der Waals surface area contributed by atoms with Gasteiger partial charge in [-0.3, -0.25) is 10.2 Å². The summed E-state index contributed by atoms with van der Waals surface area (Å²) in [7, 11) is 0. The van der Waals surface area contributed by atoms with E-state index in [0.29, 0.717) is 6.42 Å². The molecule has 0 saturated heterocycles. The Morgan fingerprint density at radius 2 is 2.15 bits per heavy atom. The largest absolute Gasteiger partial charge is 0.294 e. The summed E-state index contributed by atoms with van der Waals surface area (Å²) in [5, 5.41) is 0. The van der Waals surface area contributed by atoms with Crippen molar-refractivity contribution in [2.45, 2.75) is 20.3 Å². The number of hydrogen-bond acceptors (Lipinski definition) is 2. The van der Waals surface area contributed by atoms with Crippen LogP contribution in [-0.4, -0.2) is 5.91 Å². The zero-order chi connectivity index (χ0) is 9.84. The van der Waals surface area contributed by atoms with E-state index in [9.17, 15) is 4.79 Å². The van der Waals surface area contributed by atoms with Gasteiger partial charge in [0.15, 0.2) is 0 Å². The van der Waals surface area contributed by atoms with Crippen LogP contribution in [0, 0.1) is 13.8 Å². The van der Waals surface area contributed by atoms with Gasteiger partial charge in [0.25, 0.3) is 0 Å². The number of carbonyl (C=O) groups excluding carboxylic acids is 1. The Kier molecular flexibility index (Phi) is 3.03. The molecule has 0 spiro atoms. The van der Waals surface area contributed by atoms with Gasteiger partial charge in [-0.2, -0.15) is 0 Å². The minimum absolute atomic E-state index is 0.159. The van der Waals surface area contributed by atoms with Crippen molar-refractivity contribution in [1.29, 1.82) is 0 Å². The Morgan fingerprint density at radius 3 is 2.77 bits per heavy atom. The molecule has 1 aromatic carbocycles. The third kappa shape index (κ3) is 2.56. The van der Waals surface area contributed by atoms with E-state index in [1.165, 1.54) is 0 Å². The fourth-order valence-electron chi connectivity index (χ4n) is 1.21. The van der Waals surface area contributed by atoms with Gasteiger partial charge in [0.1, 0.15) is 0 Å². The molecule has 0 heterocycles. The van der Waals surface area contributed by atoms with Crippen molar-refractivity contribution in [2.75, 3.05) is 0 Å². The van der Waals surface area contributed by atoms with E-state index >= 15 is 0 Å². The van der Waals surface area contributed by atoms with E-state index in [1.807, 2.05) is 32.0 Å². The average molecular weight is 178 g/mol. The molecule has 70 valence electrons. The molecule has 1 aromatic rings. The highest BCUT2D eigenvalue weighted by Gasteiger charge is 2.03. The van der Waals surface area contributed by atoms with Crippen LogP contribution in [0.25, 0.3) is 0 Å². The standard InChI is InChI=1S/C10H14N2O/c1-7-3-4-8(2)9(5-7)6-10(13)12-11/h3-5H,6,11H2,1-2H3,(H,12,13). The Morgan fingerprint density at radius 1 is 1.46 bits per heavy atom. The summed E-state index contributed by atoms with van der Waals surface area (Å²) < 4.78 is 0. The van der Waals surface area contributed by atoms with Crippen molar-refractivity contribution in [1.82, 2.24) is 5.43 Å². The highest BCUT2D eigenvalue weighted by atomic mass is 16.2. The van der Waals surface area contributed by atoms with Gasteiger partial charge in [0, 0.05) is 0 Å². The highest BCUT2D eigenvalue weighted by molar-refractivity contribution is 5.78. The number of amides is 1. The first kappa shape index (κ1) is 9.74. The maximum Gasteiger partial charge on any atom is 0.238 e. The van der Waals surface area contributed by atoms with E-state index in [1.54, 1.807) is 0 Å². The lowest BCUT2D eigenvalue weighted by Gasteiger charge is -2.05. The van der Waals surface area contributed by atoms with Crippen molar-refractivity contribution in [3.05, 3.63) is 34.9 Å². The number of hydrogen-bond donors (Lipinski definition) is 2. The Labute approximate surface area is 77.9 Å². The van der Waals surface area contributed by atoms with Crippen LogP contribution in [0.2, 0.25) is 0 Å². The Bertz CT molecular complexity index is 321. The summed E-state index contributed by atoms with van der Waals surface area (Å²) in [6, 6.07) is 6.04. The van der Waals surface area contributed by atoms with E-state index in [2.05, 4.69) is 5.43 Å². The maximum absolute atomic E-state index is 11.0. The second-order valence-corrected chi connectivity index (χ2v) is 3.17. The molecule has 3 N–H and O–H groups in total. The molecule has 1 amide bonds. The quantitative estimate of drug-likeness (QED) is 0.400. The molecule has 0 aliphatic carbocycles. The fourth-order valence-corrected chi connectivity index (χ4v) is 1.21. The number of nitrogens with two attached hydrogens (primary N) is 1. The minimum atomic E-state index is -0.159. The lowest BCUT2D eigenvalue weighted by Crippen LogP contribution is -2.31. The van der Waals surface area contributed by atoms with Crippen molar-refractivity contribution in [3.8, 4) is 0 Å². The third-order valence-corrected chi connectivity index (χ3v) is 2.02. The van der Waals surface area contributed by atoms with Crippen molar-refractivity contribution in [3.63, 3.8) is 0 Å². The van der Waals surface area contributed by atoms with Crippen LogP contribution in [0.3, 0.4) is 0 Å². The van der Waals surface area contributed by atoms with Crippen LogP contribution in [0.4, 0.5) is 0 Å². The van der Waals surface area contributed by atoms with E-state index < -0.39 is 0 Å². The number of carbonyl (C=O) groups is 1. The summed E-state index contributed by atoms with van der Waals surface area (Å²) in [6.45, 7) is 3.99. The van der Waals surface area contributed by atoms with E-state index in [0.717, 1.165) is 16.7 Å². The summed E-state index contributed by atoms with van der Waals surface area (Å²) in [6.07, 6.45) is 0.351. The number of rotatable bonds is 2. The predicted octanol–water partition coefficient (Wildman–Crippen LogP) is 0.836. The van der Waals surface area contributed by atoms with Crippen molar-refractivity contribution < 1.29 is 4.79 Å². The molecular formula is C10H14N2O. The molecule has 0 aliphatic heterocycles. The van der Waals surface area contributed by atoms with E-state index in [4.69, 9.17) is 5.84 Å². The second-order valence-electron chi connectivity index (χ2n) is 3.17. The van der Waals surface area contributed by atoms with E-state index in [-0.39, 0.29) is 5.91 Å². The molecule has 0 bridgehead atoms. The fraction of sp³-hybridized carbons (Fsp3) is 0.300.